The van der Waals surface area contributed by atoms with Crippen molar-refractivity contribution < 1.29 is 14.2 Å². The molecule has 1 N–H and O–H groups in total. The van der Waals surface area contributed by atoms with Crippen LogP contribution in [0.2, 0.25) is 0 Å². The molecule has 0 fully saturated rings. The van der Waals surface area contributed by atoms with Crippen molar-refractivity contribution in [3.8, 4) is 17.2 Å². The smallest absolute Gasteiger partial charge is 0.204 e. The summed E-state index contributed by atoms with van der Waals surface area (Å²) in [5.74, 6) is 1.72. The van der Waals surface area contributed by atoms with E-state index in [-0.39, 0.29) is 0 Å². The number of hydrazone groups is 1. The van der Waals surface area contributed by atoms with Crippen molar-refractivity contribution in [3.63, 3.8) is 0 Å². The monoisotopic (exact) mass is 343 g/mol. The fourth-order valence-electron chi connectivity index (χ4n) is 2.26. The third-order valence-electron chi connectivity index (χ3n) is 3.35. The lowest BCUT2D eigenvalue weighted by Gasteiger charge is -2.12. The summed E-state index contributed by atoms with van der Waals surface area (Å²) in [5.41, 5.74) is 4.72. The fraction of sp³-hybridized carbons (Fsp3) is 0.176. The molecule has 7 heteroatoms. The second kappa shape index (κ2) is 7.18. The topological polar surface area (TPSA) is 65.0 Å². The summed E-state index contributed by atoms with van der Waals surface area (Å²) in [7, 11) is 4.73. The highest BCUT2D eigenvalue weighted by atomic mass is 32.1. The first-order chi connectivity index (χ1) is 11.7. The minimum atomic E-state index is 0.552. The molecule has 2 aromatic carbocycles. The van der Waals surface area contributed by atoms with E-state index in [2.05, 4.69) is 15.5 Å². The van der Waals surface area contributed by atoms with Crippen LogP contribution in [0, 0.1) is 0 Å². The van der Waals surface area contributed by atoms with Gasteiger partial charge in [0.2, 0.25) is 10.9 Å². The molecule has 0 saturated heterocycles. The zero-order valence-corrected chi connectivity index (χ0v) is 14.4. The molecule has 3 rings (SSSR count). The van der Waals surface area contributed by atoms with Crippen LogP contribution in [0.5, 0.6) is 17.2 Å². The van der Waals surface area contributed by atoms with Crippen LogP contribution in [-0.2, 0) is 0 Å². The molecule has 0 aliphatic carbocycles. The van der Waals surface area contributed by atoms with Gasteiger partial charge < -0.3 is 14.2 Å². The third kappa shape index (κ3) is 3.26. The maximum absolute atomic E-state index is 5.33. The van der Waals surface area contributed by atoms with Crippen LogP contribution >= 0.6 is 11.3 Å². The molecule has 0 amide bonds. The Labute approximate surface area is 143 Å². The minimum absolute atomic E-state index is 0.552. The van der Waals surface area contributed by atoms with Gasteiger partial charge >= 0.3 is 0 Å². The standard InChI is InChI=1S/C17H17N3O3S/c1-21-13-8-11(9-14(22-2)16(13)23-3)10-18-20-17-19-12-6-4-5-7-15(12)24-17/h4-10H,1-3H3,(H,19,20)/b18-10+. The quantitative estimate of drug-likeness (QED) is 0.545. The van der Waals surface area contributed by atoms with E-state index in [1.54, 1.807) is 38.9 Å². The van der Waals surface area contributed by atoms with E-state index in [1.165, 1.54) is 0 Å². The van der Waals surface area contributed by atoms with Gasteiger partial charge in [-0.2, -0.15) is 5.10 Å². The zero-order chi connectivity index (χ0) is 16.9. The fourth-order valence-corrected chi connectivity index (χ4v) is 3.07. The van der Waals surface area contributed by atoms with Gasteiger partial charge in [-0.05, 0) is 24.3 Å². The summed E-state index contributed by atoms with van der Waals surface area (Å²) in [4.78, 5) is 4.46. The van der Waals surface area contributed by atoms with Gasteiger partial charge in [0.15, 0.2) is 11.5 Å². The summed E-state index contributed by atoms with van der Waals surface area (Å²) in [6.07, 6.45) is 1.68. The van der Waals surface area contributed by atoms with Crippen molar-refractivity contribution in [3.05, 3.63) is 42.0 Å². The maximum Gasteiger partial charge on any atom is 0.204 e. The van der Waals surface area contributed by atoms with Gasteiger partial charge in [-0.3, -0.25) is 5.43 Å². The number of methoxy groups -OCH3 is 3. The number of rotatable bonds is 6. The normalized spacial score (nSPS) is 11.0. The van der Waals surface area contributed by atoms with Gasteiger partial charge in [-0.25, -0.2) is 4.98 Å². The second-order valence-corrected chi connectivity index (χ2v) is 5.85. The van der Waals surface area contributed by atoms with E-state index >= 15 is 0 Å². The third-order valence-corrected chi connectivity index (χ3v) is 4.30. The van der Waals surface area contributed by atoms with Crippen LogP contribution in [0.3, 0.4) is 0 Å². The van der Waals surface area contributed by atoms with Gasteiger partial charge in [-0.15, -0.1) is 0 Å². The number of fused-ring (bicyclic) bond motifs is 1. The first kappa shape index (κ1) is 16.1. The van der Waals surface area contributed by atoms with Crippen LogP contribution in [0.4, 0.5) is 5.13 Å². The van der Waals surface area contributed by atoms with Crippen LogP contribution in [-0.4, -0.2) is 32.5 Å². The van der Waals surface area contributed by atoms with Crippen molar-refractivity contribution >= 4 is 32.9 Å². The van der Waals surface area contributed by atoms with E-state index < -0.39 is 0 Å². The van der Waals surface area contributed by atoms with E-state index in [0.29, 0.717) is 17.2 Å². The molecule has 0 spiro atoms. The Kier molecular flexibility index (Phi) is 4.81. The molecule has 0 saturated carbocycles. The molecule has 0 unspecified atom stereocenters. The molecule has 1 aromatic heterocycles. The van der Waals surface area contributed by atoms with Gasteiger partial charge in [-0.1, -0.05) is 23.5 Å². The average molecular weight is 343 g/mol. The average Bonchev–Trinajstić information content (AvgIpc) is 3.03. The summed E-state index contributed by atoms with van der Waals surface area (Å²) in [6.45, 7) is 0. The highest BCUT2D eigenvalue weighted by molar-refractivity contribution is 7.22. The molecular formula is C17H17N3O3S. The summed E-state index contributed by atoms with van der Waals surface area (Å²) < 4.78 is 17.1. The minimum Gasteiger partial charge on any atom is -0.493 e. The molecule has 3 aromatic rings. The number of aromatic nitrogens is 1. The molecule has 0 aliphatic rings. The van der Waals surface area contributed by atoms with Crippen LogP contribution in [0.1, 0.15) is 5.56 Å². The summed E-state index contributed by atoms with van der Waals surface area (Å²) in [5, 5.41) is 4.97. The second-order valence-electron chi connectivity index (χ2n) is 4.82. The van der Waals surface area contributed by atoms with E-state index in [9.17, 15) is 0 Å². The number of nitrogens with one attached hydrogen (secondary N) is 1. The lowest BCUT2D eigenvalue weighted by molar-refractivity contribution is 0.324. The highest BCUT2D eigenvalue weighted by Gasteiger charge is 2.12. The Balaban J connectivity index is 1.80. The van der Waals surface area contributed by atoms with Gasteiger partial charge in [0.1, 0.15) is 0 Å². The van der Waals surface area contributed by atoms with E-state index in [0.717, 1.165) is 20.9 Å². The molecule has 0 bridgehead atoms. The molecule has 6 nitrogen and oxygen atoms in total. The van der Waals surface area contributed by atoms with Gasteiger partial charge in [0, 0.05) is 5.56 Å². The van der Waals surface area contributed by atoms with Crippen LogP contribution in [0.15, 0.2) is 41.5 Å². The number of ether oxygens (including phenoxy) is 3. The van der Waals surface area contributed by atoms with E-state index in [4.69, 9.17) is 14.2 Å². The molecule has 1 heterocycles. The molecule has 124 valence electrons. The Morgan fingerprint density at radius 1 is 1.04 bits per heavy atom. The van der Waals surface area contributed by atoms with Crippen molar-refractivity contribution in [1.82, 2.24) is 4.98 Å². The first-order valence-electron chi connectivity index (χ1n) is 7.20. The summed E-state index contributed by atoms with van der Waals surface area (Å²) >= 11 is 1.55. The number of para-hydroxylation sites is 1. The van der Waals surface area contributed by atoms with Crippen LogP contribution in [0.25, 0.3) is 10.2 Å². The lowest BCUT2D eigenvalue weighted by Crippen LogP contribution is -1.97. The summed E-state index contributed by atoms with van der Waals surface area (Å²) in [6, 6.07) is 11.6. The lowest BCUT2D eigenvalue weighted by atomic mass is 10.2. The highest BCUT2D eigenvalue weighted by Crippen LogP contribution is 2.37. The largest absolute Gasteiger partial charge is 0.493 e. The van der Waals surface area contributed by atoms with Crippen molar-refractivity contribution in [1.29, 1.82) is 0 Å². The SMILES string of the molecule is COc1cc(/C=N/Nc2nc3ccccc3s2)cc(OC)c1OC. The number of anilines is 1. The Morgan fingerprint density at radius 3 is 2.38 bits per heavy atom. The molecule has 0 atom stereocenters. The number of nitrogens with zero attached hydrogens (tertiary/aromatic N) is 2. The first-order valence-corrected chi connectivity index (χ1v) is 8.01. The van der Waals surface area contributed by atoms with Crippen molar-refractivity contribution in [2.45, 2.75) is 0 Å². The maximum atomic E-state index is 5.33. The predicted octanol–water partition coefficient (Wildman–Crippen LogP) is 3.77. The van der Waals surface area contributed by atoms with Gasteiger partial charge in [0.05, 0.1) is 37.8 Å². The number of hydrogen-bond donors (Lipinski definition) is 1. The van der Waals surface area contributed by atoms with Crippen molar-refractivity contribution in [2.75, 3.05) is 26.8 Å². The zero-order valence-electron chi connectivity index (χ0n) is 13.6. The van der Waals surface area contributed by atoms with Crippen LogP contribution < -0.4 is 19.6 Å². The molecule has 24 heavy (non-hydrogen) atoms. The van der Waals surface area contributed by atoms with E-state index in [1.807, 2.05) is 36.4 Å². The molecule has 0 aliphatic heterocycles. The van der Waals surface area contributed by atoms with Crippen molar-refractivity contribution in [2.24, 2.45) is 5.10 Å². The Hall–Kier alpha value is -2.80. The number of benzene rings is 2. The number of hydrogen-bond acceptors (Lipinski definition) is 7. The Bertz CT molecular complexity index is 818. The number of thiazole rings is 1. The predicted molar refractivity (Wildman–Crippen MR) is 96.9 cm³/mol. The Morgan fingerprint density at radius 2 is 1.75 bits per heavy atom. The van der Waals surface area contributed by atoms with Gasteiger partial charge in [0.25, 0.3) is 0 Å². The molecular weight excluding hydrogens is 326 g/mol. The molecule has 0 radical (unpaired) electrons.